The van der Waals surface area contributed by atoms with Crippen molar-refractivity contribution in [2.45, 2.75) is 46.1 Å². The van der Waals surface area contributed by atoms with Gasteiger partial charge in [-0.1, -0.05) is 48.1 Å². The number of carbonyl (C=O) groups is 1. The van der Waals surface area contributed by atoms with Gasteiger partial charge in [0.25, 0.3) is 0 Å². The maximum atomic E-state index is 12.2. The number of piperidine rings is 1. The molecular weight excluding hydrogens is 400 g/mol. The molecule has 1 fully saturated rings. The zero-order valence-electron chi connectivity index (χ0n) is 17.7. The number of aromatic nitrogens is 3. The zero-order chi connectivity index (χ0) is 21.3. The average Bonchev–Trinajstić information content (AvgIpc) is 3.28. The van der Waals surface area contributed by atoms with Gasteiger partial charge in [0.05, 0.1) is 23.4 Å². The predicted octanol–water partition coefficient (Wildman–Crippen LogP) is 3.73. The van der Waals surface area contributed by atoms with Crippen LogP contribution in [0.2, 0.25) is 0 Å². The lowest BCUT2D eigenvalue weighted by molar-refractivity contribution is -0.149. The minimum atomic E-state index is -0.105. The molecule has 0 aliphatic carbocycles. The molecule has 0 amide bonds. The van der Waals surface area contributed by atoms with Crippen LogP contribution in [-0.4, -0.2) is 50.3 Å². The van der Waals surface area contributed by atoms with Crippen molar-refractivity contribution in [3.8, 4) is 5.88 Å². The first-order valence-corrected chi connectivity index (χ1v) is 11.4. The Morgan fingerprint density at radius 1 is 1.33 bits per heavy atom. The highest BCUT2D eigenvalue weighted by molar-refractivity contribution is 7.17. The van der Waals surface area contributed by atoms with E-state index >= 15 is 0 Å². The van der Waals surface area contributed by atoms with Crippen molar-refractivity contribution in [2.75, 3.05) is 19.7 Å². The van der Waals surface area contributed by atoms with E-state index < -0.39 is 0 Å². The van der Waals surface area contributed by atoms with Gasteiger partial charge in [0, 0.05) is 6.42 Å². The summed E-state index contributed by atoms with van der Waals surface area (Å²) in [4.78, 5) is 20.6. The molecule has 30 heavy (non-hydrogen) atoms. The minimum absolute atomic E-state index is 0.0533. The van der Waals surface area contributed by atoms with Gasteiger partial charge in [-0.15, -0.1) is 5.10 Å². The third-order valence-corrected chi connectivity index (χ3v) is 6.75. The molecule has 1 atom stereocenters. The van der Waals surface area contributed by atoms with Crippen molar-refractivity contribution in [2.24, 2.45) is 5.92 Å². The highest BCUT2D eigenvalue weighted by Crippen LogP contribution is 2.41. The molecule has 0 bridgehead atoms. The molecule has 2 aromatic heterocycles. The number of thiazole rings is 1. The van der Waals surface area contributed by atoms with Gasteiger partial charge >= 0.3 is 5.97 Å². The van der Waals surface area contributed by atoms with Gasteiger partial charge in [0.1, 0.15) is 0 Å². The van der Waals surface area contributed by atoms with Gasteiger partial charge in [-0.25, -0.2) is 4.98 Å². The number of aromatic hydroxyl groups is 1. The number of ether oxygens (including phenoxy) is 1. The predicted molar refractivity (Wildman–Crippen MR) is 116 cm³/mol. The highest BCUT2D eigenvalue weighted by atomic mass is 32.1. The quantitative estimate of drug-likeness (QED) is 0.603. The van der Waals surface area contributed by atoms with Gasteiger partial charge in [-0.2, -0.15) is 4.52 Å². The van der Waals surface area contributed by atoms with Crippen molar-refractivity contribution in [1.29, 1.82) is 0 Å². The first kappa shape index (κ1) is 20.8. The van der Waals surface area contributed by atoms with E-state index in [2.05, 4.69) is 40.1 Å². The third-order valence-electron chi connectivity index (χ3n) is 5.68. The Kier molecular flexibility index (Phi) is 6.06. The van der Waals surface area contributed by atoms with E-state index in [0.29, 0.717) is 11.6 Å². The molecule has 0 unspecified atom stereocenters. The Labute approximate surface area is 180 Å². The number of likely N-dealkylation sites (tertiary alicyclic amines) is 1. The number of hydrogen-bond acceptors (Lipinski definition) is 7. The van der Waals surface area contributed by atoms with Gasteiger partial charge in [-0.3, -0.25) is 9.69 Å². The second-order valence-electron chi connectivity index (χ2n) is 7.74. The summed E-state index contributed by atoms with van der Waals surface area (Å²) in [6.45, 7) is 7.85. The molecule has 4 rings (SSSR count). The molecule has 3 aromatic rings. The van der Waals surface area contributed by atoms with Crippen LogP contribution in [0.5, 0.6) is 5.88 Å². The maximum absolute atomic E-state index is 12.2. The number of carbonyl (C=O) groups excluding carboxylic acids is 1. The Morgan fingerprint density at radius 3 is 2.73 bits per heavy atom. The van der Waals surface area contributed by atoms with Crippen LogP contribution in [0.3, 0.4) is 0 Å². The fourth-order valence-corrected chi connectivity index (χ4v) is 5.28. The van der Waals surface area contributed by atoms with E-state index in [1.54, 1.807) is 4.52 Å². The van der Waals surface area contributed by atoms with Crippen LogP contribution >= 0.6 is 11.3 Å². The van der Waals surface area contributed by atoms with Crippen molar-refractivity contribution >= 4 is 22.3 Å². The first-order chi connectivity index (χ1) is 14.5. The van der Waals surface area contributed by atoms with E-state index in [1.807, 2.05) is 19.9 Å². The molecule has 160 valence electrons. The van der Waals surface area contributed by atoms with Crippen molar-refractivity contribution in [3.63, 3.8) is 0 Å². The van der Waals surface area contributed by atoms with Crippen LogP contribution in [0.25, 0.3) is 4.96 Å². The molecule has 8 heteroatoms. The topological polar surface area (TPSA) is 80.0 Å². The van der Waals surface area contributed by atoms with E-state index in [9.17, 15) is 9.90 Å². The third kappa shape index (κ3) is 3.94. The lowest BCUT2D eigenvalue weighted by Gasteiger charge is -2.36. The number of esters is 1. The smallest absolute Gasteiger partial charge is 0.309 e. The Hall–Kier alpha value is -2.45. The van der Waals surface area contributed by atoms with Crippen molar-refractivity contribution < 1.29 is 14.6 Å². The standard InChI is InChI=1S/C22H28N4O3S/c1-4-17-23-22-26(24-17)20(27)19(30-22)18(16-8-6-7-14(3)13-16)25-11-9-15(10-12-25)21(28)29-5-2/h6-8,13,15,18,27H,4-5,9-12H2,1-3H3/t18-/m1/s1. The Bertz CT molecular complexity index is 1040. The molecule has 1 N–H and O–H groups in total. The average molecular weight is 429 g/mol. The molecule has 3 heterocycles. The van der Waals surface area contributed by atoms with E-state index in [4.69, 9.17) is 4.74 Å². The summed E-state index contributed by atoms with van der Waals surface area (Å²) in [6, 6.07) is 8.28. The molecule has 0 radical (unpaired) electrons. The van der Waals surface area contributed by atoms with E-state index in [0.717, 1.165) is 48.6 Å². The maximum Gasteiger partial charge on any atom is 0.309 e. The summed E-state index contributed by atoms with van der Waals surface area (Å²) < 4.78 is 6.77. The minimum Gasteiger partial charge on any atom is -0.492 e. The van der Waals surface area contributed by atoms with Gasteiger partial charge in [0.15, 0.2) is 5.82 Å². The lowest BCUT2D eigenvalue weighted by atomic mass is 9.93. The summed E-state index contributed by atoms with van der Waals surface area (Å²) in [6.07, 6.45) is 2.23. The number of rotatable bonds is 6. The lowest BCUT2D eigenvalue weighted by Crippen LogP contribution is -2.39. The molecule has 1 aromatic carbocycles. The summed E-state index contributed by atoms with van der Waals surface area (Å²) in [5, 5.41) is 15.4. The molecule has 1 aliphatic rings. The highest BCUT2D eigenvalue weighted by Gasteiger charge is 2.34. The van der Waals surface area contributed by atoms with Crippen LogP contribution in [0.4, 0.5) is 0 Å². The molecule has 7 nitrogen and oxygen atoms in total. The fourth-order valence-electron chi connectivity index (χ4n) is 4.14. The fraction of sp³-hybridized carbons (Fsp3) is 0.500. The van der Waals surface area contributed by atoms with Gasteiger partial charge in [-0.05, 0) is 45.3 Å². The summed E-state index contributed by atoms with van der Waals surface area (Å²) in [5.74, 6) is 0.729. The van der Waals surface area contributed by atoms with Crippen LogP contribution < -0.4 is 0 Å². The second-order valence-corrected chi connectivity index (χ2v) is 8.75. The van der Waals surface area contributed by atoms with Crippen molar-refractivity contribution in [3.05, 3.63) is 46.1 Å². The molecule has 1 saturated heterocycles. The normalized spacial score (nSPS) is 16.8. The summed E-state index contributed by atoms with van der Waals surface area (Å²) >= 11 is 1.48. The van der Waals surface area contributed by atoms with Crippen LogP contribution in [-0.2, 0) is 16.0 Å². The van der Waals surface area contributed by atoms with Crippen molar-refractivity contribution in [1.82, 2.24) is 19.5 Å². The number of nitrogens with zero attached hydrogens (tertiary/aromatic N) is 4. The molecular formula is C22H28N4O3S. The Morgan fingerprint density at radius 2 is 2.10 bits per heavy atom. The first-order valence-electron chi connectivity index (χ1n) is 10.6. The largest absolute Gasteiger partial charge is 0.492 e. The number of hydrogen-bond donors (Lipinski definition) is 1. The SMILES string of the molecule is CCOC(=O)C1CCN([C@H](c2cccc(C)c2)c2sc3nc(CC)nn3c2O)CC1. The summed E-state index contributed by atoms with van der Waals surface area (Å²) in [7, 11) is 0. The van der Waals surface area contributed by atoms with Crippen LogP contribution in [0.1, 0.15) is 54.6 Å². The Balaban J connectivity index is 1.67. The van der Waals surface area contributed by atoms with Crippen LogP contribution in [0.15, 0.2) is 24.3 Å². The molecule has 1 aliphatic heterocycles. The zero-order valence-corrected chi connectivity index (χ0v) is 18.5. The number of benzene rings is 1. The van der Waals surface area contributed by atoms with Gasteiger partial charge < -0.3 is 9.84 Å². The van der Waals surface area contributed by atoms with Crippen LogP contribution in [0, 0.1) is 12.8 Å². The second kappa shape index (κ2) is 8.73. The monoisotopic (exact) mass is 428 g/mol. The van der Waals surface area contributed by atoms with E-state index in [-0.39, 0.29) is 23.8 Å². The molecule has 0 spiro atoms. The number of aryl methyl sites for hydroxylation is 2. The van der Waals surface area contributed by atoms with Gasteiger partial charge in [0.2, 0.25) is 10.8 Å². The van der Waals surface area contributed by atoms with E-state index in [1.165, 1.54) is 16.9 Å². The molecule has 0 saturated carbocycles. The number of fused-ring (bicyclic) bond motifs is 1. The summed E-state index contributed by atoms with van der Waals surface area (Å²) in [5.41, 5.74) is 2.30.